The molecule has 6 nitrogen and oxygen atoms in total. The van der Waals surface area contributed by atoms with Gasteiger partial charge in [-0.2, -0.15) is 18.3 Å². The van der Waals surface area contributed by atoms with Gasteiger partial charge in [0.2, 0.25) is 5.91 Å². The van der Waals surface area contributed by atoms with Gasteiger partial charge in [-0.15, -0.1) is 0 Å². The number of alkyl halides is 3. The maximum absolute atomic E-state index is 13.7. The molecule has 0 fully saturated rings. The van der Waals surface area contributed by atoms with E-state index in [2.05, 4.69) is 15.4 Å². The summed E-state index contributed by atoms with van der Waals surface area (Å²) in [4.78, 5) is 18.0. The molecule has 0 aliphatic heterocycles. The third-order valence-electron chi connectivity index (χ3n) is 7.01. The maximum atomic E-state index is 13.7. The standard InChI is InChI=1S/C30H29F3N4O2/c1-39-22-15-13-21(14-16-22)23-11-7-17-34-28(23)25(18-20-8-3-2-4-9-20)35-27(38)19-37-26-12-6-5-10-24(26)29(36-37)30(31,32)33/h2-4,7-9,11,13-17,25H,5-6,10,12,18-19H2,1H3,(H,35,38). The fourth-order valence-corrected chi connectivity index (χ4v) is 5.18. The fraction of sp³-hybridized carbons (Fsp3) is 0.300. The summed E-state index contributed by atoms with van der Waals surface area (Å²) in [5, 5.41) is 6.90. The molecule has 0 saturated heterocycles. The molecule has 0 bridgehead atoms. The first-order valence-corrected chi connectivity index (χ1v) is 12.9. The lowest BCUT2D eigenvalue weighted by molar-refractivity contribution is -0.142. The Morgan fingerprint density at radius 2 is 1.77 bits per heavy atom. The van der Waals surface area contributed by atoms with Gasteiger partial charge in [-0.25, -0.2) is 0 Å². The molecule has 1 aliphatic rings. The first kappa shape index (κ1) is 26.5. The number of hydrogen-bond acceptors (Lipinski definition) is 4. The van der Waals surface area contributed by atoms with Crippen LogP contribution in [0.25, 0.3) is 11.1 Å². The Labute approximate surface area is 224 Å². The van der Waals surface area contributed by atoms with Crippen molar-refractivity contribution in [3.8, 4) is 16.9 Å². The van der Waals surface area contributed by atoms with Gasteiger partial charge in [0.25, 0.3) is 0 Å². The van der Waals surface area contributed by atoms with Crippen molar-refractivity contribution in [3.63, 3.8) is 0 Å². The minimum Gasteiger partial charge on any atom is -0.497 e. The van der Waals surface area contributed by atoms with Crippen LogP contribution in [-0.4, -0.2) is 27.8 Å². The minimum atomic E-state index is -4.56. The van der Waals surface area contributed by atoms with Gasteiger partial charge >= 0.3 is 6.18 Å². The SMILES string of the molecule is COc1ccc(-c2cccnc2C(Cc2ccccc2)NC(=O)Cn2nc(C(F)(F)F)c3c2CCCC3)cc1. The Hall–Kier alpha value is -4.14. The molecule has 2 heterocycles. The third kappa shape index (κ3) is 5.97. The summed E-state index contributed by atoms with van der Waals surface area (Å²) in [6.07, 6.45) is -0.180. The topological polar surface area (TPSA) is 69.0 Å². The van der Waals surface area contributed by atoms with Gasteiger partial charge in [0.1, 0.15) is 12.3 Å². The van der Waals surface area contributed by atoms with Crippen LogP contribution in [-0.2, 0) is 36.8 Å². The number of halogens is 3. The zero-order valence-corrected chi connectivity index (χ0v) is 21.5. The quantitative estimate of drug-likeness (QED) is 0.303. The molecular weight excluding hydrogens is 505 g/mol. The zero-order chi connectivity index (χ0) is 27.4. The van der Waals surface area contributed by atoms with E-state index in [0.29, 0.717) is 37.1 Å². The summed E-state index contributed by atoms with van der Waals surface area (Å²) < 4.78 is 47.5. The molecule has 0 radical (unpaired) electrons. The molecule has 5 rings (SSSR count). The number of benzene rings is 2. The van der Waals surface area contributed by atoms with Crippen LogP contribution in [0.2, 0.25) is 0 Å². The molecule has 202 valence electrons. The van der Waals surface area contributed by atoms with Gasteiger partial charge in [-0.05, 0) is 61.4 Å². The molecule has 1 atom stereocenters. The molecule has 39 heavy (non-hydrogen) atoms. The number of amides is 1. The van der Waals surface area contributed by atoms with Crippen LogP contribution in [0.5, 0.6) is 5.75 Å². The molecule has 0 saturated carbocycles. The second kappa shape index (κ2) is 11.3. The minimum absolute atomic E-state index is 0.217. The number of nitrogens with zero attached hydrogens (tertiary/aromatic N) is 3. The van der Waals surface area contributed by atoms with Crippen LogP contribution in [0.1, 0.15) is 47.1 Å². The number of fused-ring (bicyclic) bond motifs is 1. The van der Waals surface area contributed by atoms with E-state index in [1.807, 2.05) is 66.7 Å². The summed E-state index contributed by atoms with van der Waals surface area (Å²) in [7, 11) is 1.60. The highest BCUT2D eigenvalue weighted by Crippen LogP contribution is 2.36. The van der Waals surface area contributed by atoms with Crippen molar-refractivity contribution in [1.82, 2.24) is 20.1 Å². The molecule has 4 aromatic rings. The highest BCUT2D eigenvalue weighted by molar-refractivity contribution is 5.77. The van der Waals surface area contributed by atoms with E-state index >= 15 is 0 Å². The molecule has 9 heteroatoms. The summed E-state index contributed by atoms with van der Waals surface area (Å²) in [5.74, 6) is 0.297. The summed E-state index contributed by atoms with van der Waals surface area (Å²) in [6.45, 7) is -0.297. The van der Waals surface area contributed by atoms with Gasteiger partial charge in [0.05, 0.1) is 18.8 Å². The van der Waals surface area contributed by atoms with Crippen LogP contribution in [0.15, 0.2) is 72.9 Å². The van der Waals surface area contributed by atoms with Crippen molar-refractivity contribution in [3.05, 3.63) is 101 Å². The van der Waals surface area contributed by atoms with Crippen LogP contribution < -0.4 is 10.1 Å². The van der Waals surface area contributed by atoms with Gasteiger partial charge in [-0.1, -0.05) is 48.5 Å². The van der Waals surface area contributed by atoms with E-state index in [-0.39, 0.29) is 12.1 Å². The molecule has 1 amide bonds. The van der Waals surface area contributed by atoms with Crippen molar-refractivity contribution >= 4 is 5.91 Å². The van der Waals surface area contributed by atoms with E-state index in [9.17, 15) is 18.0 Å². The molecule has 1 unspecified atom stereocenters. The van der Waals surface area contributed by atoms with Crippen molar-refractivity contribution in [1.29, 1.82) is 0 Å². The predicted molar refractivity (Wildman–Crippen MR) is 141 cm³/mol. The molecule has 2 aromatic carbocycles. The van der Waals surface area contributed by atoms with Crippen LogP contribution >= 0.6 is 0 Å². The summed E-state index contributed by atoms with van der Waals surface area (Å²) >= 11 is 0. The monoisotopic (exact) mass is 534 g/mol. The van der Waals surface area contributed by atoms with Gasteiger partial charge < -0.3 is 10.1 Å². The zero-order valence-electron chi connectivity index (χ0n) is 21.5. The summed E-state index contributed by atoms with van der Waals surface area (Å²) in [5.41, 5.74) is 3.24. The number of carbonyl (C=O) groups is 1. The average molecular weight is 535 g/mol. The van der Waals surface area contributed by atoms with E-state index in [0.717, 1.165) is 28.9 Å². The van der Waals surface area contributed by atoms with Gasteiger partial charge in [-0.3, -0.25) is 14.5 Å². The lowest BCUT2D eigenvalue weighted by atomic mass is 9.95. The van der Waals surface area contributed by atoms with Crippen LogP contribution in [0, 0.1) is 0 Å². The Bertz CT molecular complexity index is 1430. The number of nitrogens with one attached hydrogen (secondary N) is 1. The molecule has 0 spiro atoms. The van der Waals surface area contributed by atoms with Crippen LogP contribution in [0.4, 0.5) is 13.2 Å². The first-order chi connectivity index (χ1) is 18.8. The summed E-state index contributed by atoms with van der Waals surface area (Å²) in [6, 6.07) is 20.5. The lowest BCUT2D eigenvalue weighted by Crippen LogP contribution is -2.34. The second-order valence-electron chi connectivity index (χ2n) is 9.61. The highest BCUT2D eigenvalue weighted by atomic mass is 19.4. The van der Waals surface area contributed by atoms with Crippen LogP contribution in [0.3, 0.4) is 0 Å². The lowest BCUT2D eigenvalue weighted by Gasteiger charge is -2.22. The van der Waals surface area contributed by atoms with E-state index in [4.69, 9.17) is 4.74 Å². The average Bonchev–Trinajstić information content (AvgIpc) is 3.32. The smallest absolute Gasteiger partial charge is 0.435 e. The van der Waals surface area contributed by atoms with Gasteiger partial charge in [0.15, 0.2) is 5.69 Å². The van der Waals surface area contributed by atoms with E-state index < -0.39 is 23.8 Å². The molecule has 1 N–H and O–H groups in total. The number of aromatic nitrogens is 3. The van der Waals surface area contributed by atoms with E-state index in [1.165, 1.54) is 4.68 Å². The second-order valence-corrected chi connectivity index (χ2v) is 9.61. The third-order valence-corrected chi connectivity index (χ3v) is 7.01. The van der Waals surface area contributed by atoms with Crippen molar-refractivity contribution in [2.75, 3.05) is 7.11 Å². The van der Waals surface area contributed by atoms with Gasteiger partial charge in [0, 0.05) is 23.0 Å². The highest BCUT2D eigenvalue weighted by Gasteiger charge is 2.39. The number of carbonyl (C=O) groups excluding carboxylic acids is 1. The number of pyridine rings is 1. The normalized spacial score (nSPS) is 13.9. The number of methoxy groups -OCH3 is 1. The largest absolute Gasteiger partial charge is 0.497 e. The molecular formula is C30H29F3N4O2. The Morgan fingerprint density at radius 3 is 2.49 bits per heavy atom. The molecule has 1 aliphatic carbocycles. The first-order valence-electron chi connectivity index (χ1n) is 12.9. The predicted octanol–water partition coefficient (Wildman–Crippen LogP) is 5.95. The fourth-order valence-electron chi connectivity index (χ4n) is 5.18. The Balaban J connectivity index is 1.46. The number of ether oxygens (including phenoxy) is 1. The van der Waals surface area contributed by atoms with E-state index in [1.54, 1.807) is 13.3 Å². The van der Waals surface area contributed by atoms with Crippen molar-refractivity contribution in [2.45, 2.75) is 50.9 Å². The number of hydrogen-bond donors (Lipinski definition) is 1. The van der Waals surface area contributed by atoms with Crippen molar-refractivity contribution < 1.29 is 22.7 Å². The maximum Gasteiger partial charge on any atom is 0.435 e. The molecule has 2 aromatic heterocycles. The Kier molecular flexibility index (Phi) is 7.67. The Morgan fingerprint density at radius 1 is 1.03 bits per heavy atom. The van der Waals surface area contributed by atoms with Crippen molar-refractivity contribution in [2.24, 2.45) is 0 Å². The number of rotatable bonds is 8.